The summed E-state index contributed by atoms with van der Waals surface area (Å²) in [6, 6.07) is 15.7. The molecular weight excluding hydrogens is 389 g/mol. The summed E-state index contributed by atoms with van der Waals surface area (Å²) >= 11 is 2.22. The standard InChI is InChI=1S/C17H16IN3O/c18-13-4-3-5-14(10-13)21-17(22)19-9-8-12-11-20-16-7-2-1-6-15(12)16/h1-7,10-11,20H,8-9H2,(H2,19,21,22). The van der Waals surface area contributed by atoms with Gasteiger partial charge in [0.05, 0.1) is 0 Å². The quantitative estimate of drug-likeness (QED) is 0.562. The molecule has 0 aliphatic carbocycles. The lowest BCUT2D eigenvalue weighted by molar-refractivity contribution is 0.252. The molecule has 0 unspecified atom stereocenters. The molecule has 0 fully saturated rings. The van der Waals surface area contributed by atoms with Crippen LogP contribution in [-0.2, 0) is 6.42 Å². The summed E-state index contributed by atoms with van der Waals surface area (Å²) in [6.07, 6.45) is 2.80. The van der Waals surface area contributed by atoms with E-state index in [2.05, 4.69) is 50.3 Å². The van der Waals surface area contributed by atoms with Crippen LogP contribution in [0.15, 0.2) is 54.7 Å². The highest BCUT2D eigenvalue weighted by Crippen LogP contribution is 2.17. The summed E-state index contributed by atoms with van der Waals surface area (Å²) in [5.41, 5.74) is 3.14. The fraction of sp³-hybridized carbons (Fsp3) is 0.118. The molecule has 3 N–H and O–H groups in total. The Bertz CT molecular complexity index is 797. The lowest BCUT2D eigenvalue weighted by Gasteiger charge is -2.07. The van der Waals surface area contributed by atoms with E-state index in [1.807, 2.05) is 42.6 Å². The van der Waals surface area contributed by atoms with E-state index in [1.165, 1.54) is 10.9 Å². The molecule has 2 amide bonds. The van der Waals surface area contributed by atoms with Crippen LogP contribution in [0.25, 0.3) is 10.9 Å². The van der Waals surface area contributed by atoms with Crippen LogP contribution in [0.2, 0.25) is 0 Å². The van der Waals surface area contributed by atoms with Crippen molar-refractivity contribution in [2.75, 3.05) is 11.9 Å². The molecule has 0 bridgehead atoms. The number of aromatic amines is 1. The molecule has 0 aliphatic heterocycles. The summed E-state index contributed by atoms with van der Waals surface area (Å²) in [7, 11) is 0. The third kappa shape index (κ3) is 3.59. The predicted octanol–water partition coefficient (Wildman–Crippen LogP) is 4.14. The molecule has 3 rings (SSSR count). The molecule has 5 heteroatoms. The molecule has 1 heterocycles. The van der Waals surface area contributed by atoms with Gasteiger partial charge >= 0.3 is 6.03 Å². The van der Waals surface area contributed by atoms with Gasteiger partial charge in [-0.1, -0.05) is 24.3 Å². The van der Waals surface area contributed by atoms with Gasteiger partial charge in [-0.15, -0.1) is 0 Å². The monoisotopic (exact) mass is 405 g/mol. The SMILES string of the molecule is O=C(NCCc1c[nH]c2ccccc12)Nc1cccc(I)c1. The first-order valence-electron chi connectivity index (χ1n) is 7.08. The highest BCUT2D eigenvalue weighted by molar-refractivity contribution is 14.1. The Balaban J connectivity index is 1.53. The smallest absolute Gasteiger partial charge is 0.319 e. The number of amides is 2. The van der Waals surface area contributed by atoms with Gasteiger partial charge < -0.3 is 15.6 Å². The van der Waals surface area contributed by atoms with E-state index < -0.39 is 0 Å². The Morgan fingerprint density at radius 1 is 1.14 bits per heavy atom. The van der Waals surface area contributed by atoms with Gasteiger partial charge in [0.25, 0.3) is 0 Å². The van der Waals surface area contributed by atoms with Crippen molar-refractivity contribution in [2.24, 2.45) is 0 Å². The summed E-state index contributed by atoms with van der Waals surface area (Å²) in [4.78, 5) is 15.1. The van der Waals surface area contributed by atoms with Crippen LogP contribution in [0.3, 0.4) is 0 Å². The van der Waals surface area contributed by atoms with E-state index in [1.54, 1.807) is 0 Å². The van der Waals surface area contributed by atoms with Gasteiger partial charge in [0.2, 0.25) is 0 Å². The number of hydrogen-bond donors (Lipinski definition) is 3. The fourth-order valence-corrected chi connectivity index (χ4v) is 2.93. The number of halogens is 1. The Hall–Kier alpha value is -2.02. The number of H-pyrrole nitrogens is 1. The van der Waals surface area contributed by atoms with E-state index in [-0.39, 0.29) is 6.03 Å². The summed E-state index contributed by atoms with van der Waals surface area (Å²) in [6.45, 7) is 0.595. The molecule has 0 saturated heterocycles. The number of carbonyl (C=O) groups is 1. The van der Waals surface area contributed by atoms with Crippen molar-refractivity contribution in [3.8, 4) is 0 Å². The minimum atomic E-state index is -0.179. The number of nitrogens with one attached hydrogen (secondary N) is 3. The van der Waals surface area contributed by atoms with Gasteiger partial charge in [0, 0.05) is 32.9 Å². The van der Waals surface area contributed by atoms with E-state index in [4.69, 9.17) is 0 Å². The van der Waals surface area contributed by atoms with Crippen molar-refractivity contribution < 1.29 is 4.79 Å². The fourth-order valence-electron chi connectivity index (χ4n) is 2.39. The third-order valence-electron chi connectivity index (χ3n) is 3.44. The molecule has 1 aromatic heterocycles. The molecule has 112 valence electrons. The van der Waals surface area contributed by atoms with Crippen LogP contribution >= 0.6 is 22.6 Å². The largest absolute Gasteiger partial charge is 0.361 e. The van der Waals surface area contributed by atoms with Crippen LogP contribution in [0, 0.1) is 3.57 Å². The normalized spacial score (nSPS) is 10.6. The first kappa shape index (κ1) is 14.9. The first-order valence-corrected chi connectivity index (χ1v) is 8.16. The average molecular weight is 405 g/mol. The van der Waals surface area contributed by atoms with E-state index >= 15 is 0 Å². The summed E-state index contributed by atoms with van der Waals surface area (Å²) in [5.74, 6) is 0. The molecular formula is C17H16IN3O. The maximum absolute atomic E-state index is 11.9. The number of carbonyl (C=O) groups excluding carboxylic acids is 1. The van der Waals surface area contributed by atoms with E-state index in [9.17, 15) is 4.79 Å². The Morgan fingerprint density at radius 3 is 2.86 bits per heavy atom. The van der Waals surface area contributed by atoms with Gasteiger partial charge in [-0.3, -0.25) is 0 Å². The van der Waals surface area contributed by atoms with Crippen molar-refractivity contribution in [3.63, 3.8) is 0 Å². The minimum absolute atomic E-state index is 0.179. The van der Waals surface area contributed by atoms with Crippen LogP contribution in [0.1, 0.15) is 5.56 Å². The molecule has 0 saturated carbocycles. The van der Waals surface area contributed by atoms with Crippen LogP contribution in [0.4, 0.5) is 10.5 Å². The van der Waals surface area contributed by atoms with Crippen molar-refractivity contribution in [1.82, 2.24) is 10.3 Å². The maximum Gasteiger partial charge on any atom is 0.319 e. The van der Waals surface area contributed by atoms with Gasteiger partial charge in [0.15, 0.2) is 0 Å². The molecule has 0 radical (unpaired) electrons. The summed E-state index contributed by atoms with van der Waals surface area (Å²) in [5, 5.41) is 6.94. The van der Waals surface area contributed by atoms with E-state index in [0.717, 1.165) is 21.2 Å². The number of hydrogen-bond acceptors (Lipinski definition) is 1. The predicted molar refractivity (Wildman–Crippen MR) is 98.2 cm³/mol. The van der Waals surface area contributed by atoms with Crippen molar-refractivity contribution in [2.45, 2.75) is 6.42 Å². The van der Waals surface area contributed by atoms with Crippen molar-refractivity contribution >= 4 is 45.2 Å². The zero-order valence-corrected chi connectivity index (χ0v) is 14.1. The van der Waals surface area contributed by atoms with Crippen LogP contribution < -0.4 is 10.6 Å². The topological polar surface area (TPSA) is 56.9 Å². The summed E-state index contributed by atoms with van der Waals surface area (Å²) < 4.78 is 1.09. The molecule has 0 spiro atoms. The van der Waals surface area contributed by atoms with Crippen LogP contribution in [-0.4, -0.2) is 17.6 Å². The van der Waals surface area contributed by atoms with Gasteiger partial charge in [-0.2, -0.15) is 0 Å². The third-order valence-corrected chi connectivity index (χ3v) is 4.11. The molecule has 22 heavy (non-hydrogen) atoms. The number of benzene rings is 2. The Morgan fingerprint density at radius 2 is 2.00 bits per heavy atom. The number of urea groups is 1. The number of aromatic nitrogens is 1. The van der Waals surface area contributed by atoms with Crippen LogP contribution in [0.5, 0.6) is 0 Å². The number of anilines is 1. The molecule has 4 nitrogen and oxygen atoms in total. The lowest BCUT2D eigenvalue weighted by Crippen LogP contribution is -2.30. The first-order chi connectivity index (χ1) is 10.7. The Kier molecular flexibility index (Phi) is 4.62. The van der Waals surface area contributed by atoms with E-state index in [0.29, 0.717) is 6.54 Å². The minimum Gasteiger partial charge on any atom is -0.361 e. The average Bonchev–Trinajstić information content (AvgIpc) is 2.91. The number of fused-ring (bicyclic) bond motifs is 1. The highest BCUT2D eigenvalue weighted by Gasteiger charge is 2.05. The number of rotatable bonds is 4. The van der Waals surface area contributed by atoms with Gasteiger partial charge in [-0.05, 0) is 58.8 Å². The molecule has 3 aromatic rings. The molecule has 0 atom stereocenters. The van der Waals surface area contributed by atoms with Gasteiger partial charge in [0.1, 0.15) is 0 Å². The second-order valence-electron chi connectivity index (χ2n) is 5.00. The number of para-hydroxylation sites is 1. The van der Waals surface area contributed by atoms with Crippen molar-refractivity contribution in [3.05, 3.63) is 63.9 Å². The zero-order valence-electron chi connectivity index (χ0n) is 11.9. The lowest BCUT2D eigenvalue weighted by atomic mass is 10.1. The maximum atomic E-state index is 11.9. The molecule has 2 aromatic carbocycles. The second-order valence-corrected chi connectivity index (χ2v) is 6.25. The second kappa shape index (κ2) is 6.83. The highest BCUT2D eigenvalue weighted by atomic mass is 127. The Labute approximate surface area is 142 Å². The zero-order chi connectivity index (χ0) is 15.4. The van der Waals surface area contributed by atoms with Gasteiger partial charge in [-0.25, -0.2) is 4.79 Å². The van der Waals surface area contributed by atoms with Crippen molar-refractivity contribution in [1.29, 1.82) is 0 Å². The molecule has 0 aliphatic rings.